The average Bonchev–Trinajstić information content (AvgIpc) is 3.29. The van der Waals surface area contributed by atoms with Crippen molar-refractivity contribution < 1.29 is 114 Å². The van der Waals surface area contributed by atoms with Gasteiger partial charge in [0.2, 0.25) is 24.1 Å². The number of rotatable bonds is 10. The van der Waals surface area contributed by atoms with Crippen LogP contribution in [-0.2, 0) is 23.8 Å². The maximum Gasteiger partial charge on any atom is 0.417 e. The van der Waals surface area contributed by atoms with Crippen molar-refractivity contribution in [1.29, 1.82) is 0 Å². The molecule has 352 valence electrons. The zero-order valence-electron chi connectivity index (χ0n) is 34.0. The van der Waals surface area contributed by atoms with Crippen molar-refractivity contribution in [1.82, 2.24) is 0 Å². The Balaban J connectivity index is 1.37. The van der Waals surface area contributed by atoms with Crippen molar-refractivity contribution in [3.8, 4) is 23.0 Å². The number of aliphatic hydroxyl groups excluding tert-OH is 7. The normalized spacial score (nSPS) is 28.5. The molecule has 0 radical (unpaired) electrons. The van der Waals surface area contributed by atoms with Crippen molar-refractivity contribution >= 4 is 35.4 Å². The standard InChI is InChI=1S/C44H38O23/c45-11-23-31(49)35(53)37(55)43(65-23)63-21-5-1-3-15-25(17-7-13(39(56)57)9-19(47)27(17)33(51)29(15)21)26-16-4-2-6-22(30(16)34(52)28-18(26)8-14(40(58)59)10-20(28)48)64-44-38(67-42(62)41(60)61)36(54)32(50)24(12-46)66-44/h1-10,23-26,31-32,35-38,43-50,53-55H,11-12H2,(H,56,57)(H,58,59)(H,60,61)/t23-,24-,25?,26?,31+,32+,35+,36+,37-,38-,43-,44-/m1/s1. The topological polar surface area (TPSA) is 391 Å². The van der Waals surface area contributed by atoms with Crippen LogP contribution in [0, 0.1) is 0 Å². The molecule has 0 saturated carbocycles. The van der Waals surface area contributed by atoms with Crippen molar-refractivity contribution in [3.63, 3.8) is 0 Å². The molecule has 8 rings (SSSR count). The Hall–Kier alpha value is -7.06. The summed E-state index contributed by atoms with van der Waals surface area (Å²) in [6.07, 6.45) is -19.1. The quantitative estimate of drug-likeness (QED) is 0.0638. The Morgan fingerprint density at radius 2 is 0.970 bits per heavy atom. The number of ketones is 2. The monoisotopic (exact) mass is 934 g/mol. The maximum atomic E-state index is 14.8. The number of carbonyl (C=O) groups is 6. The maximum absolute atomic E-state index is 14.8. The molecule has 23 heteroatoms. The molecule has 2 fully saturated rings. The van der Waals surface area contributed by atoms with Gasteiger partial charge in [-0.1, -0.05) is 24.3 Å². The van der Waals surface area contributed by atoms with Crippen LogP contribution < -0.4 is 9.47 Å². The Labute approximate surface area is 374 Å². The highest BCUT2D eigenvalue weighted by molar-refractivity contribution is 6.28. The summed E-state index contributed by atoms with van der Waals surface area (Å²) in [5.41, 5.74) is -3.67. The molecule has 0 amide bonds. The van der Waals surface area contributed by atoms with Crippen molar-refractivity contribution in [2.75, 3.05) is 13.2 Å². The molecule has 2 heterocycles. The van der Waals surface area contributed by atoms with E-state index in [0.29, 0.717) is 0 Å². The second kappa shape index (κ2) is 17.6. The third kappa shape index (κ3) is 7.76. The third-order valence-corrected chi connectivity index (χ3v) is 12.1. The van der Waals surface area contributed by atoms with Crippen LogP contribution in [0.5, 0.6) is 23.0 Å². The summed E-state index contributed by atoms with van der Waals surface area (Å²) >= 11 is 0. The van der Waals surface area contributed by atoms with Crippen molar-refractivity contribution in [3.05, 3.63) is 116 Å². The Morgan fingerprint density at radius 1 is 0.537 bits per heavy atom. The van der Waals surface area contributed by atoms with Crippen LogP contribution in [0.1, 0.15) is 86.6 Å². The van der Waals surface area contributed by atoms with Crippen molar-refractivity contribution in [2.24, 2.45) is 0 Å². The van der Waals surface area contributed by atoms with Gasteiger partial charge in [0.05, 0.1) is 46.6 Å². The number of aliphatic carboxylic acids is 1. The number of aromatic hydroxyl groups is 2. The molecule has 4 aliphatic rings. The number of carboxylic acids is 3. The van der Waals surface area contributed by atoms with E-state index < -0.39 is 173 Å². The van der Waals surface area contributed by atoms with E-state index in [1.165, 1.54) is 30.3 Å². The number of aliphatic hydroxyl groups is 7. The van der Waals surface area contributed by atoms with Gasteiger partial charge in [-0.05, 0) is 58.7 Å². The summed E-state index contributed by atoms with van der Waals surface area (Å²) in [7, 11) is 0. The molecule has 2 saturated heterocycles. The molecule has 4 aromatic carbocycles. The zero-order valence-corrected chi connectivity index (χ0v) is 34.0. The molecule has 0 aromatic heterocycles. The van der Waals surface area contributed by atoms with Crippen LogP contribution in [0.25, 0.3) is 0 Å². The lowest BCUT2D eigenvalue weighted by Crippen LogP contribution is -2.61. The van der Waals surface area contributed by atoms with Crippen LogP contribution >= 0.6 is 0 Å². The number of hydrogen-bond donors (Lipinski definition) is 12. The highest BCUT2D eigenvalue weighted by Crippen LogP contribution is 2.56. The number of carbonyl (C=O) groups excluding carboxylic acids is 3. The van der Waals surface area contributed by atoms with E-state index in [4.69, 9.17) is 23.7 Å². The number of esters is 1. The van der Waals surface area contributed by atoms with Gasteiger partial charge in [-0.15, -0.1) is 0 Å². The summed E-state index contributed by atoms with van der Waals surface area (Å²) in [4.78, 5) is 78.3. The number of aromatic carboxylic acids is 2. The molecule has 4 aromatic rings. The molecular formula is C44H38O23. The second-order valence-electron chi connectivity index (χ2n) is 15.9. The average molecular weight is 935 g/mol. The number of carboxylic acid groups (broad SMARTS) is 3. The van der Waals surface area contributed by atoms with Crippen LogP contribution in [-0.4, -0.2) is 171 Å². The van der Waals surface area contributed by atoms with Gasteiger partial charge in [-0.3, -0.25) is 9.59 Å². The van der Waals surface area contributed by atoms with Gasteiger partial charge in [0.25, 0.3) is 0 Å². The largest absolute Gasteiger partial charge is 0.507 e. The summed E-state index contributed by atoms with van der Waals surface area (Å²) in [6, 6.07) is 11.3. The molecule has 2 aliphatic carbocycles. The highest BCUT2D eigenvalue weighted by atomic mass is 16.7. The van der Waals surface area contributed by atoms with Crippen molar-refractivity contribution in [2.45, 2.75) is 73.2 Å². The predicted molar refractivity (Wildman–Crippen MR) is 214 cm³/mol. The molecule has 12 N–H and O–H groups in total. The second-order valence-corrected chi connectivity index (χ2v) is 15.9. The third-order valence-electron chi connectivity index (χ3n) is 12.1. The highest BCUT2D eigenvalue weighted by Gasteiger charge is 2.51. The number of fused-ring (bicyclic) bond motifs is 4. The van der Waals surface area contributed by atoms with E-state index in [9.17, 15) is 90.0 Å². The first-order valence-corrected chi connectivity index (χ1v) is 20.0. The molecule has 12 atom stereocenters. The first kappa shape index (κ1) is 46.5. The van der Waals surface area contributed by atoms with E-state index in [1.807, 2.05) is 0 Å². The minimum atomic E-state index is -2.16. The molecule has 67 heavy (non-hydrogen) atoms. The summed E-state index contributed by atoms with van der Waals surface area (Å²) in [5.74, 6) is -15.0. The SMILES string of the molecule is O=C(O)C(=O)O[C@H]1[C@H](Oc2cccc3c2C(=O)c2c(O)cc(C(=O)O)cc2C3C2c3cc(C(=O)O)cc(O)c3C(=O)c3c(O[C@@H]4O[C@H](CO)[C@H](O)[C@H](O)[C@H]4O)cccc32)O[C@H](CO)[C@H](O)[C@@H]1O. The Morgan fingerprint density at radius 3 is 1.40 bits per heavy atom. The first-order valence-electron chi connectivity index (χ1n) is 20.0. The van der Waals surface area contributed by atoms with Gasteiger partial charge < -0.3 is 85.0 Å². The fraction of sp³-hybridized carbons (Fsp3) is 0.318. The summed E-state index contributed by atoms with van der Waals surface area (Å²) < 4.78 is 28.0. The van der Waals surface area contributed by atoms with Gasteiger partial charge in [0.1, 0.15) is 65.7 Å². The van der Waals surface area contributed by atoms with Gasteiger partial charge >= 0.3 is 23.9 Å². The fourth-order valence-corrected chi connectivity index (χ4v) is 9.00. The number of hydrogen-bond acceptors (Lipinski definition) is 20. The minimum absolute atomic E-state index is 0.0662. The number of benzene rings is 4. The predicted octanol–water partition coefficient (Wildman–Crippen LogP) is -1.46. The molecule has 2 aliphatic heterocycles. The van der Waals surface area contributed by atoms with E-state index in [0.717, 1.165) is 30.3 Å². The first-order chi connectivity index (χ1) is 31.8. The molecule has 0 spiro atoms. The molecule has 2 unspecified atom stereocenters. The van der Waals surface area contributed by atoms with Gasteiger partial charge in [-0.2, -0.15) is 0 Å². The van der Waals surface area contributed by atoms with Crippen LogP contribution in [0.2, 0.25) is 0 Å². The number of ether oxygens (including phenoxy) is 5. The smallest absolute Gasteiger partial charge is 0.417 e. The van der Waals surface area contributed by atoms with E-state index in [-0.39, 0.29) is 27.8 Å². The van der Waals surface area contributed by atoms with Crippen LogP contribution in [0.3, 0.4) is 0 Å². The number of phenolic OH excluding ortho intramolecular Hbond substituents is 2. The van der Waals surface area contributed by atoms with Crippen LogP contribution in [0.15, 0.2) is 60.7 Å². The fourth-order valence-electron chi connectivity index (χ4n) is 9.00. The minimum Gasteiger partial charge on any atom is -0.507 e. The molecule has 0 bridgehead atoms. The Bertz CT molecular complexity index is 2730. The summed E-state index contributed by atoms with van der Waals surface area (Å²) in [6.45, 7) is -1.82. The lowest BCUT2D eigenvalue weighted by Gasteiger charge is -2.42. The lowest BCUT2D eigenvalue weighted by molar-refractivity contribution is -0.282. The number of phenols is 2. The van der Waals surface area contributed by atoms with Gasteiger partial charge in [0, 0.05) is 11.8 Å². The summed E-state index contributed by atoms with van der Waals surface area (Å²) in [5, 5.41) is 126. The van der Waals surface area contributed by atoms with Gasteiger partial charge in [-0.25, -0.2) is 19.2 Å². The van der Waals surface area contributed by atoms with E-state index >= 15 is 0 Å². The molecular weight excluding hydrogens is 896 g/mol. The Kier molecular flexibility index (Phi) is 12.2. The van der Waals surface area contributed by atoms with Crippen LogP contribution in [0.4, 0.5) is 0 Å². The zero-order chi connectivity index (χ0) is 48.5. The molecule has 23 nitrogen and oxygen atoms in total. The van der Waals surface area contributed by atoms with Gasteiger partial charge in [0.15, 0.2) is 6.10 Å². The lowest BCUT2D eigenvalue weighted by atomic mass is 9.63. The van der Waals surface area contributed by atoms with E-state index in [1.54, 1.807) is 0 Å². The van der Waals surface area contributed by atoms with E-state index in [2.05, 4.69) is 0 Å².